The number of aliphatic hydroxyl groups is 4. The van der Waals surface area contributed by atoms with Gasteiger partial charge >= 0.3 is 6.09 Å². The van der Waals surface area contributed by atoms with Gasteiger partial charge in [0.25, 0.3) is 0 Å². The van der Waals surface area contributed by atoms with Crippen molar-refractivity contribution in [3.63, 3.8) is 0 Å². The van der Waals surface area contributed by atoms with E-state index in [1.165, 1.54) is 5.57 Å². The number of amides is 1. The fourth-order valence-electron chi connectivity index (χ4n) is 5.87. The van der Waals surface area contributed by atoms with Gasteiger partial charge in [-0.15, -0.1) is 0 Å². The van der Waals surface area contributed by atoms with Gasteiger partial charge in [-0.05, 0) is 63.9 Å². The molecule has 2 fully saturated rings. The van der Waals surface area contributed by atoms with Crippen molar-refractivity contribution >= 4 is 12.4 Å². The Bertz CT molecular complexity index is 975. The fourth-order valence-corrected chi connectivity index (χ4v) is 5.87. The standard InChI is InChI=1S/C35H60N2O8/c1-7-30(41)28(5)33-31(44-33)24-26(3)10-8-9-25(2)23-27(4)11-12-32(35(6,43)15-13-29(40)14-21-38)45-34(42)37-18-16-36(17-19-37)20-22-39/h8-12,21,26-33,39-41,43H,7,13-20,22-24H2,1-6H3/b10-8+,12-11+,25-9+. The number of aliphatic hydroxyl groups excluding tert-OH is 3. The smallest absolute Gasteiger partial charge is 0.410 e. The molecule has 10 heteroatoms. The van der Waals surface area contributed by atoms with E-state index in [0.29, 0.717) is 44.9 Å². The molecule has 4 N–H and O–H groups in total. The Balaban J connectivity index is 1.96. The maximum absolute atomic E-state index is 13.1. The van der Waals surface area contributed by atoms with Crippen LogP contribution in [0.1, 0.15) is 80.1 Å². The van der Waals surface area contributed by atoms with Crippen molar-refractivity contribution in [3.8, 4) is 0 Å². The number of carbonyl (C=O) groups excluding carboxylic acids is 2. The highest BCUT2D eigenvalue weighted by molar-refractivity contribution is 5.68. The minimum Gasteiger partial charge on any atom is -0.439 e. The Morgan fingerprint density at radius 3 is 2.40 bits per heavy atom. The van der Waals surface area contributed by atoms with Crippen LogP contribution < -0.4 is 0 Å². The Morgan fingerprint density at radius 1 is 1.09 bits per heavy atom. The molecule has 1 amide bonds. The van der Waals surface area contributed by atoms with Crippen molar-refractivity contribution in [2.75, 3.05) is 39.3 Å². The molecule has 9 unspecified atom stereocenters. The summed E-state index contributed by atoms with van der Waals surface area (Å²) in [6.45, 7) is 14.8. The van der Waals surface area contributed by atoms with Crippen molar-refractivity contribution < 1.29 is 39.5 Å². The minimum absolute atomic E-state index is 0.0124. The second kappa shape index (κ2) is 19.6. The van der Waals surface area contributed by atoms with Crippen LogP contribution in [0.3, 0.4) is 0 Å². The first-order chi connectivity index (χ1) is 21.3. The zero-order chi connectivity index (χ0) is 33.6. The lowest BCUT2D eigenvalue weighted by molar-refractivity contribution is -0.110. The normalized spacial score (nSPS) is 25.0. The molecule has 2 saturated heterocycles. The fraction of sp³-hybridized carbons (Fsp3) is 0.771. The SMILES string of the molecule is CCC(O)C(C)C1OC1CC(C)/C=C/C=C(\C)CC(C)/C=C/C(OC(=O)N1CCN(CCO)CC1)C(C)(O)CCC(O)CC=O. The summed E-state index contributed by atoms with van der Waals surface area (Å²) in [5.74, 6) is 0.619. The van der Waals surface area contributed by atoms with E-state index in [1.54, 1.807) is 17.9 Å². The largest absolute Gasteiger partial charge is 0.439 e. The minimum atomic E-state index is -1.45. The van der Waals surface area contributed by atoms with Crippen molar-refractivity contribution in [1.82, 2.24) is 9.80 Å². The number of β-amino-alcohol motifs (C(OH)–C–C–N with tert-alkyl or cyclic N) is 1. The molecule has 258 valence electrons. The van der Waals surface area contributed by atoms with E-state index in [9.17, 15) is 30.0 Å². The van der Waals surface area contributed by atoms with Gasteiger partial charge in [0.15, 0.2) is 6.10 Å². The number of carbonyl (C=O) groups is 2. The van der Waals surface area contributed by atoms with E-state index < -0.39 is 23.9 Å². The van der Waals surface area contributed by atoms with E-state index in [1.807, 2.05) is 13.0 Å². The molecule has 0 spiro atoms. The molecule has 0 aliphatic carbocycles. The van der Waals surface area contributed by atoms with Gasteiger partial charge in [0.2, 0.25) is 0 Å². The highest BCUT2D eigenvalue weighted by Crippen LogP contribution is 2.36. The number of nitrogens with zero attached hydrogens (tertiary/aromatic N) is 2. The van der Waals surface area contributed by atoms with Gasteiger partial charge in [-0.25, -0.2) is 4.79 Å². The molecule has 9 atom stereocenters. The van der Waals surface area contributed by atoms with Crippen molar-refractivity contribution in [1.29, 1.82) is 0 Å². The first-order valence-electron chi connectivity index (χ1n) is 16.8. The van der Waals surface area contributed by atoms with Crippen LogP contribution in [0.15, 0.2) is 36.0 Å². The van der Waals surface area contributed by atoms with Gasteiger partial charge in [-0.2, -0.15) is 0 Å². The Hall–Kier alpha value is -2.08. The van der Waals surface area contributed by atoms with Gasteiger partial charge in [0, 0.05) is 45.1 Å². The van der Waals surface area contributed by atoms with Gasteiger partial charge in [0.05, 0.1) is 31.0 Å². The summed E-state index contributed by atoms with van der Waals surface area (Å²) in [5, 5.41) is 40.7. The Kier molecular flexibility index (Phi) is 17.0. The summed E-state index contributed by atoms with van der Waals surface area (Å²) in [6, 6.07) is 0. The molecule has 0 saturated carbocycles. The van der Waals surface area contributed by atoms with Crippen LogP contribution in [0.5, 0.6) is 0 Å². The van der Waals surface area contributed by atoms with Crippen molar-refractivity contribution in [2.45, 2.75) is 116 Å². The summed E-state index contributed by atoms with van der Waals surface area (Å²) in [6.07, 6.45) is 11.2. The monoisotopic (exact) mass is 636 g/mol. The van der Waals surface area contributed by atoms with Gasteiger partial charge < -0.3 is 39.6 Å². The molecule has 0 radical (unpaired) electrons. The molecule has 0 aromatic rings. The predicted molar refractivity (Wildman–Crippen MR) is 176 cm³/mol. The molecule has 0 aromatic heterocycles. The molecular formula is C35H60N2O8. The summed E-state index contributed by atoms with van der Waals surface area (Å²) in [7, 11) is 0. The van der Waals surface area contributed by atoms with Crippen molar-refractivity contribution in [3.05, 3.63) is 36.0 Å². The van der Waals surface area contributed by atoms with Gasteiger partial charge in [0.1, 0.15) is 11.9 Å². The molecular weight excluding hydrogens is 576 g/mol. The zero-order valence-corrected chi connectivity index (χ0v) is 28.4. The summed E-state index contributed by atoms with van der Waals surface area (Å²) in [4.78, 5) is 27.6. The maximum Gasteiger partial charge on any atom is 0.410 e. The van der Waals surface area contributed by atoms with Crippen LogP contribution in [0, 0.1) is 17.8 Å². The second-order valence-electron chi connectivity index (χ2n) is 13.5. The molecule has 2 heterocycles. The van der Waals surface area contributed by atoms with Crippen LogP contribution in [0.25, 0.3) is 0 Å². The molecule has 0 bridgehead atoms. The number of epoxide rings is 1. The van der Waals surface area contributed by atoms with E-state index in [4.69, 9.17) is 9.47 Å². The third-order valence-electron chi connectivity index (χ3n) is 9.09. The second-order valence-corrected chi connectivity index (χ2v) is 13.5. The van der Waals surface area contributed by atoms with Gasteiger partial charge in [-0.3, -0.25) is 4.90 Å². The number of aldehydes is 1. The van der Waals surface area contributed by atoms with E-state index in [-0.39, 0.29) is 56.0 Å². The predicted octanol–water partition coefficient (Wildman–Crippen LogP) is 3.87. The summed E-state index contributed by atoms with van der Waals surface area (Å²) >= 11 is 0. The van der Waals surface area contributed by atoms with Gasteiger partial charge in [-0.1, -0.05) is 57.6 Å². The van der Waals surface area contributed by atoms with E-state index in [0.717, 1.165) is 19.3 Å². The highest BCUT2D eigenvalue weighted by atomic mass is 16.6. The van der Waals surface area contributed by atoms with Crippen LogP contribution in [0.4, 0.5) is 4.79 Å². The van der Waals surface area contributed by atoms with Crippen LogP contribution in [0.2, 0.25) is 0 Å². The van der Waals surface area contributed by atoms with E-state index >= 15 is 0 Å². The molecule has 2 aliphatic heterocycles. The highest BCUT2D eigenvalue weighted by Gasteiger charge is 2.45. The average Bonchev–Trinajstić information content (AvgIpc) is 3.76. The zero-order valence-electron chi connectivity index (χ0n) is 28.4. The first-order valence-corrected chi connectivity index (χ1v) is 16.8. The maximum atomic E-state index is 13.1. The third kappa shape index (κ3) is 14.1. The number of ether oxygens (including phenoxy) is 2. The summed E-state index contributed by atoms with van der Waals surface area (Å²) in [5.41, 5.74) is -0.261. The number of allylic oxidation sites excluding steroid dienone is 5. The average molecular weight is 637 g/mol. The number of rotatable bonds is 20. The number of piperazine rings is 1. The molecule has 0 aromatic carbocycles. The van der Waals surface area contributed by atoms with E-state index in [2.05, 4.69) is 50.8 Å². The lowest BCUT2D eigenvalue weighted by Crippen LogP contribution is -2.51. The Morgan fingerprint density at radius 2 is 1.78 bits per heavy atom. The molecule has 45 heavy (non-hydrogen) atoms. The molecule has 10 nitrogen and oxygen atoms in total. The topological polar surface area (TPSA) is 143 Å². The lowest BCUT2D eigenvalue weighted by atomic mass is 9.90. The quantitative estimate of drug-likeness (QED) is 0.0678. The van der Waals surface area contributed by atoms with Crippen LogP contribution in [-0.4, -0.2) is 118 Å². The number of hydrogen-bond donors (Lipinski definition) is 4. The Labute approximate surface area is 270 Å². The lowest BCUT2D eigenvalue weighted by Gasteiger charge is -2.36. The number of hydrogen-bond acceptors (Lipinski definition) is 9. The van der Waals surface area contributed by atoms with Crippen LogP contribution in [-0.2, 0) is 14.3 Å². The molecule has 2 aliphatic rings. The summed E-state index contributed by atoms with van der Waals surface area (Å²) < 4.78 is 11.7. The third-order valence-corrected chi connectivity index (χ3v) is 9.09. The molecule has 2 rings (SSSR count). The van der Waals surface area contributed by atoms with Crippen molar-refractivity contribution in [2.24, 2.45) is 17.8 Å². The van der Waals surface area contributed by atoms with Crippen LogP contribution >= 0.6 is 0 Å². The first kappa shape index (κ1) is 39.1.